The number of nitrogens with zero attached hydrogens (tertiary/aromatic N) is 3. The minimum Gasteiger partial charge on any atom is -0.464 e. The molecular weight excluding hydrogens is 553 g/mol. The van der Waals surface area contributed by atoms with Crippen LogP contribution in [0.5, 0.6) is 5.75 Å². The predicted molar refractivity (Wildman–Crippen MR) is 150 cm³/mol. The number of para-hydroxylation sites is 1. The SMILES string of the molecule is CCC(CC)COC(=O)[C@H](C)N[P@](=O)(OCC1O[C@@](C)(c2ccc3c(N)ncnn23)[C@H](O)[C@@H]1O)Oc1ccccc1. The van der Waals surface area contributed by atoms with Gasteiger partial charge in [-0.25, -0.2) is 14.1 Å². The average molecular weight is 592 g/mol. The van der Waals surface area contributed by atoms with Gasteiger partial charge in [0.15, 0.2) is 5.82 Å². The van der Waals surface area contributed by atoms with Crippen LogP contribution in [-0.2, 0) is 29.0 Å². The van der Waals surface area contributed by atoms with Crippen LogP contribution in [-0.4, -0.2) is 68.3 Å². The van der Waals surface area contributed by atoms with Crippen molar-refractivity contribution >= 4 is 25.1 Å². The zero-order valence-corrected chi connectivity index (χ0v) is 24.4. The molecule has 2 aromatic heterocycles. The third kappa shape index (κ3) is 6.72. The van der Waals surface area contributed by atoms with Gasteiger partial charge in [0.2, 0.25) is 0 Å². The number of hydrogen-bond donors (Lipinski definition) is 4. The second-order valence-electron chi connectivity index (χ2n) is 10.2. The molecule has 6 atom stereocenters. The summed E-state index contributed by atoms with van der Waals surface area (Å²) < 4.78 is 38.3. The number of ether oxygens (including phenoxy) is 2. The maximum atomic E-state index is 13.9. The van der Waals surface area contributed by atoms with Crippen LogP contribution in [0.4, 0.5) is 5.82 Å². The van der Waals surface area contributed by atoms with Crippen molar-refractivity contribution in [1.82, 2.24) is 19.7 Å². The molecule has 1 aliphatic rings. The smallest absolute Gasteiger partial charge is 0.459 e. The topological polar surface area (TPSA) is 180 Å². The summed E-state index contributed by atoms with van der Waals surface area (Å²) in [6.07, 6.45) is -0.945. The minimum absolute atomic E-state index is 0.220. The summed E-state index contributed by atoms with van der Waals surface area (Å²) in [7, 11) is -4.22. The number of nitrogens with two attached hydrogens (primary N) is 1. The van der Waals surface area contributed by atoms with Crippen molar-refractivity contribution in [2.45, 2.75) is 70.5 Å². The fourth-order valence-electron chi connectivity index (χ4n) is 4.68. The number of hydrogen-bond acceptors (Lipinski definition) is 11. The van der Waals surface area contributed by atoms with E-state index in [1.807, 2.05) is 13.8 Å². The lowest BCUT2D eigenvalue weighted by Crippen LogP contribution is -2.40. The van der Waals surface area contributed by atoms with Gasteiger partial charge in [-0.15, -0.1) is 0 Å². The number of nitrogens with one attached hydrogen (secondary N) is 1. The molecule has 1 saturated heterocycles. The first-order valence-corrected chi connectivity index (χ1v) is 15.1. The Bertz CT molecular complexity index is 1370. The van der Waals surface area contributed by atoms with E-state index in [1.54, 1.807) is 49.4 Å². The van der Waals surface area contributed by atoms with E-state index >= 15 is 0 Å². The maximum absolute atomic E-state index is 13.9. The number of aromatic nitrogens is 3. The van der Waals surface area contributed by atoms with Crippen molar-refractivity contribution in [2.24, 2.45) is 5.92 Å². The third-order valence-corrected chi connectivity index (χ3v) is 9.00. The molecule has 0 saturated carbocycles. The molecule has 5 N–H and O–H groups in total. The molecule has 1 fully saturated rings. The summed E-state index contributed by atoms with van der Waals surface area (Å²) >= 11 is 0. The second kappa shape index (κ2) is 12.8. The number of esters is 1. The first-order valence-electron chi connectivity index (χ1n) is 13.6. The van der Waals surface area contributed by atoms with Crippen LogP contribution in [0.25, 0.3) is 5.52 Å². The Hall–Kier alpha value is -3.06. The number of benzene rings is 1. The quantitative estimate of drug-likeness (QED) is 0.169. The summed E-state index contributed by atoms with van der Waals surface area (Å²) in [5.74, 6) is 0.0760. The highest BCUT2D eigenvalue weighted by atomic mass is 31.2. The second-order valence-corrected chi connectivity index (χ2v) is 11.9. The molecule has 0 bridgehead atoms. The lowest BCUT2D eigenvalue weighted by molar-refractivity contribution is -0.146. The highest BCUT2D eigenvalue weighted by molar-refractivity contribution is 7.52. The molecule has 13 nitrogen and oxygen atoms in total. The van der Waals surface area contributed by atoms with E-state index in [-0.39, 0.29) is 24.1 Å². The minimum atomic E-state index is -4.22. The lowest BCUT2D eigenvalue weighted by atomic mass is 9.93. The number of aliphatic hydroxyl groups excluding tert-OH is 2. The van der Waals surface area contributed by atoms with E-state index in [0.717, 1.165) is 12.8 Å². The van der Waals surface area contributed by atoms with Crippen molar-refractivity contribution in [3.8, 4) is 5.75 Å². The monoisotopic (exact) mass is 591 g/mol. The molecule has 3 heterocycles. The van der Waals surface area contributed by atoms with Crippen LogP contribution < -0.4 is 15.3 Å². The van der Waals surface area contributed by atoms with Crippen molar-refractivity contribution in [3.05, 3.63) is 54.5 Å². The Morgan fingerprint density at radius 1 is 1.22 bits per heavy atom. The highest BCUT2D eigenvalue weighted by Gasteiger charge is 2.54. The van der Waals surface area contributed by atoms with Crippen LogP contribution in [0.1, 0.15) is 46.2 Å². The Balaban J connectivity index is 1.50. The van der Waals surface area contributed by atoms with Crippen molar-refractivity contribution in [1.29, 1.82) is 0 Å². The van der Waals surface area contributed by atoms with Crippen molar-refractivity contribution in [2.75, 3.05) is 18.9 Å². The number of anilines is 1. The van der Waals surface area contributed by atoms with Crippen LogP contribution >= 0.6 is 7.75 Å². The molecule has 0 aliphatic carbocycles. The normalized spacial score (nSPS) is 24.8. The van der Waals surface area contributed by atoms with E-state index in [4.69, 9.17) is 24.3 Å². The van der Waals surface area contributed by atoms with Crippen molar-refractivity contribution < 1.29 is 38.1 Å². The molecule has 14 heteroatoms. The summed E-state index contributed by atoms with van der Waals surface area (Å²) in [4.78, 5) is 16.6. The molecule has 4 rings (SSSR count). The molecule has 0 spiro atoms. The van der Waals surface area contributed by atoms with Gasteiger partial charge in [-0.1, -0.05) is 44.9 Å². The summed E-state index contributed by atoms with van der Waals surface area (Å²) in [5, 5.41) is 28.7. The Labute approximate surface area is 238 Å². The zero-order valence-electron chi connectivity index (χ0n) is 23.5. The first-order chi connectivity index (χ1) is 19.5. The average Bonchev–Trinajstić information content (AvgIpc) is 3.49. The number of fused-ring (bicyclic) bond motifs is 1. The standard InChI is InChI=1S/C27H38N5O8P/c1-5-18(6-2)14-37-26(35)17(3)31-41(36,40-19-10-8-7-9-11-19)38-15-21-23(33)24(34)27(4,39-21)22-13-12-20-25(28)29-16-30-32(20)22/h7-13,16-18,21,23-24,33-34H,5-6,14-15H2,1-4H3,(H,31,36)(H2,28,29,30)/t17-,21?,23+,24+,27-,41-/m0/s1. The highest BCUT2D eigenvalue weighted by Crippen LogP contribution is 2.47. The molecule has 1 aromatic carbocycles. The van der Waals surface area contributed by atoms with E-state index in [0.29, 0.717) is 11.2 Å². The number of rotatable bonds is 13. The fraction of sp³-hybridized carbons (Fsp3) is 0.519. The number of nitrogen functional groups attached to an aromatic ring is 1. The molecule has 0 amide bonds. The van der Waals surface area contributed by atoms with Gasteiger partial charge in [-0.05, 0) is 44.0 Å². The van der Waals surface area contributed by atoms with Gasteiger partial charge in [-0.2, -0.15) is 10.2 Å². The maximum Gasteiger partial charge on any atom is 0.459 e. The molecule has 41 heavy (non-hydrogen) atoms. The molecule has 224 valence electrons. The van der Waals surface area contributed by atoms with Crippen LogP contribution in [0, 0.1) is 5.92 Å². The van der Waals surface area contributed by atoms with E-state index < -0.39 is 50.3 Å². The predicted octanol–water partition coefficient (Wildman–Crippen LogP) is 2.81. The largest absolute Gasteiger partial charge is 0.464 e. The first kappa shape index (κ1) is 30.9. The van der Waals surface area contributed by atoms with Gasteiger partial charge >= 0.3 is 13.7 Å². The van der Waals surface area contributed by atoms with Crippen LogP contribution in [0.2, 0.25) is 0 Å². The third-order valence-electron chi connectivity index (χ3n) is 7.35. The fourth-order valence-corrected chi connectivity index (χ4v) is 6.18. The molecule has 3 aromatic rings. The summed E-state index contributed by atoms with van der Waals surface area (Å²) in [5.41, 5.74) is 5.44. The summed E-state index contributed by atoms with van der Waals surface area (Å²) in [6, 6.07) is 10.6. The van der Waals surface area contributed by atoms with Gasteiger partial charge in [0.25, 0.3) is 0 Å². The van der Waals surface area contributed by atoms with Gasteiger partial charge in [0.1, 0.15) is 47.5 Å². The van der Waals surface area contributed by atoms with Crippen molar-refractivity contribution in [3.63, 3.8) is 0 Å². The van der Waals surface area contributed by atoms with E-state index in [2.05, 4.69) is 15.2 Å². The Kier molecular flexibility index (Phi) is 9.68. The van der Waals surface area contributed by atoms with Gasteiger partial charge in [0, 0.05) is 0 Å². The Morgan fingerprint density at radius 3 is 2.61 bits per heavy atom. The number of aliphatic hydroxyl groups is 2. The van der Waals surface area contributed by atoms with Gasteiger partial charge < -0.3 is 29.9 Å². The zero-order chi connectivity index (χ0) is 29.8. The van der Waals surface area contributed by atoms with E-state index in [1.165, 1.54) is 17.8 Å². The van der Waals surface area contributed by atoms with Gasteiger partial charge in [0.05, 0.1) is 18.9 Å². The lowest BCUT2D eigenvalue weighted by Gasteiger charge is -2.27. The van der Waals surface area contributed by atoms with Crippen LogP contribution in [0.15, 0.2) is 48.8 Å². The van der Waals surface area contributed by atoms with Crippen LogP contribution in [0.3, 0.4) is 0 Å². The Morgan fingerprint density at radius 2 is 1.93 bits per heavy atom. The molecular formula is C27H38N5O8P. The number of carbonyl (C=O) groups is 1. The molecule has 1 unspecified atom stereocenters. The molecule has 1 aliphatic heterocycles. The molecule has 0 radical (unpaired) electrons. The number of carbonyl (C=O) groups excluding carboxylic acids is 1. The summed E-state index contributed by atoms with van der Waals surface area (Å²) in [6.45, 7) is 6.92. The van der Waals surface area contributed by atoms with Gasteiger partial charge in [-0.3, -0.25) is 9.32 Å². The van der Waals surface area contributed by atoms with E-state index in [9.17, 15) is 19.6 Å².